The number of hydrogen-bond donors (Lipinski definition) is 1. The van der Waals surface area contributed by atoms with E-state index in [2.05, 4.69) is 25.7 Å². The van der Waals surface area contributed by atoms with Crippen LogP contribution in [0.3, 0.4) is 0 Å². The molecular formula is C18H35N3O. The standard InChI is InChI=1S/C18H35N3O/c1-14(2)11-17(19)18(22)21-8-4-5-16(13-21)12-20-9-6-15(3)7-10-20/h14-17H,4-13,19H2,1-3H3/t16?,17-/m0/s1. The van der Waals surface area contributed by atoms with Gasteiger partial charge in [-0.3, -0.25) is 4.79 Å². The molecule has 2 rings (SSSR count). The van der Waals surface area contributed by atoms with Gasteiger partial charge in [0.05, 0.1) is 6.04 Å². The Morgan fingerprint density at radius 3 is 2.50 bits per heavy atom. The Morgan fingerprint density at radius 2 is 1.86 bits per heavy atom. The normalized spacial score (nSPS) is 26.4. The van der Waals surface area contributed by atoms with E-state index in [-0.39, 0.29) is 11.9 Å². The molecule has 2 atom stereocenters. The van der Waals surface area contributed by atoms with E-state index in [9.17, 15) is 4.79 Å². The highest BCUT2D eigenvalue weighted by molar-refractivity contribution is 5.81. The van der Waals surface area contributed by atoms with E-state index in [1.807, 2.05) is 4.90 Å². The van der Waals surface area contributed by atoms with Gasteiger partial charge in [0, 0.05) is 19.6 Å². The third kappa shape index (κ3) is 5.24. The molecule has 1 amide bonds. The van der Waals surface area contributed by atoms with Gasteiger partial charge in [-0.15, -0.1) is 0 Å². The molecule has 0 bridgehead atoms. The van der Waals surface area contributed by atoms with Gasteiger partial charge in [0.25, 0.3) is 0 Å². The van der Waals surface area contributed by atoms with E-state index < -0.39 is 0 Å². The number of hydrogen-bond acceptors (Lipinski definition) is 3. The molecule has 1 unspecified atom stereocenters. The van der Waals surface area contributed by atoms with Crippen LogP contribution in [0.2, 0.25) is 0 Å². The molecule has 0 aromatic carbocycles. The highest BCUT2D eigenvalue weighted by Crippen LogP contribution is 2.22. The van der Waals surface area contributed by atoms with Crippen LogP contribution in [0.15, 0.2) is 0 Å². The van der Waals surface area contributed by atoms with Crippen molar-refractivity contribution in [3.63, 3.8) is 0 Å². The van der Waals surface area contributed by atoms with Crippen LogP contribution in [0.25, 0.3) is 0 Å². The first-order valence-corrected chi connectivity index (χ1v) is 9.22. The second kappa shape index (κ2) is 8.30. The first-order valence-electron chi connectivity index (χ1n) is 9.22. The summed E-state index contributed by atoms with van der Waals surface area (Å²) in [6.45, 7) is 12.1. The SMILES string of the molecule is CC(C)C[C@H](N)C(=O)N1CCCC(CN2CCC(C)CC2)C1. The van der Waals surface area contributed by atoms with Gasteiger partial charge in [-0.2, -0.15) is 0 Å². The Hall–Kier alpha value is -0.610. The number of amides is 1. The minimum absolute atomic E-state index is 0.172. The van der Waals surface area contributed by atoms with Crippen molar-refractivity contribution >= 4 is 5.91 Å². The molecule has 2 saturated heterocycles. The van der Waals surface area contributed by atoms with Crippen molar-refractivity contribution < 1.29 is 4.79 Å². The van der Waals surface area contributed by atoms with Crippen LogP contribution in [-0.4, -0.2) is 54.5 Å². The van der Waals surface area contributed by atoms with Gasteiger partial charge in [0.1, 0.15) is 0 Å². The Balaban J connectivity index is 1.79. The fourth-order valence-electron chi connectivity index (χ4n) is 3.87. The van der Waals surface area contributed by atoms with E-state index >= 15 is 0 Å². The van der Waals surface area contributed by atoms with Crippen LogP contribution >= 0.6 is 0 Å². The first kappa shape index (κ1) is 17.7. The Morgan fingerprint density at radius 1 is 1.18 bits per heavy atom. The summed E-state index contributed by atoms with van der Waals surface area (Å²) in [5.41, 5.74) is 6.09. The van der Waals surface area contributed by atoms with Crippen molar-refractivity contribution in [1.29, 1.82) is 0 Å². The Kier molecular flexibility index (Phi) is 6.69. The van der Waals surface area contributed by atoms with E-state index in [1.165, 1.54) is 32.4 Å². The van der Waals surface area contributed by atoms with Gasteiger partial charge in [0.2, 0.25) is 5.91 Å². The van der Waals surface area contributed by atoms with Crippen molar-refractivity contribution in [3.05, 3.63) is 0 Å². The second-order valence-corrected chi connectivity index (χ2v) is 8.01. The van der Waals surface area contributed by atoms with Crippen LogP contribution < -0.4 is 5.73 Å². The predicted octanol–water partition coefficient (Wildman–Crippen LogP) is 2.33. The molecule has 2 fully saturated rings. The summed E-state index contributed by atoms with van der Waals surface area (Å²) in [5, 5.41) is 0. The molecule has 2 aliphatic rings. The maximum atomic E-state index is 12.5. The molecule has 0 saturated carbocycles. The van der Waals surface area contributed by atoms with Crippen LogP contribution in [0.5, 0.6) is 0 Å². The number of carbonyl (C=O) groups excluding carboxylic acids is 1. The second-order valence-electron chi connectivity index (χ2n) is 8.01. The summed E-state index contributed by atoms with van der Waals surface area (Å²) in [6, 6.07) is -0.311. The largest absolute Gasteiger partial charge is 0.341 e. The van der Waals surface area contributed by atoms with Crippen LogP contribution in [0.1, 0.15) is 52.9 Å². The van der Waals surface area contributed by atoms with Gasteiger partial charge >= 0.3 is 0 Å². The molecule has 0 aliphatic carbocycles. The zero-order valence-electron chi connectivity index (χ0n) is 14.8. The number of piperidine rings is 2. The van der Waals surface area contributed by atoms with Gasteiger partial charge in [-0.05, 0) is 62.9 Å². The summed E-state index contributed by atoms with van der Waals surface area (Å²) in [7, 11) is 0. The van der Waals surface area contributed by atoms with E-state index in [4.69, 9.17) is 5.73 Å². The summed E-state index contributed by atoms with van der Waals surface area (Å²) < 4.78 is 0. The molecule has 2 heterocycles. The number of nitrogens with two attached hydrogens (primary N) is 1. The van der Waals surface area contributed by atoms with Gasteiger partial charge in [-0.25, -0.2) is 0 Å². The maximum absolute atomic E-state index is 12.5. The maximum Gasteiger partial charge on any atom is 0.239 e. The van der Waals surface area contributed by atoms with E-state index in [1.54, 1.807) is 0 Å². The van der Waals surface area contributed by atoms with Crippen molar-refractivity contribution in [2.45, 2.75) is 58.9 Å². The molecule has 2 aliphatic heterocycles. The molecule has 22 heavy (non-hydrogen) atoms. The Labute approximate surface area is 136 Å². The number of rotatable bonds is 5. The topological polar surface area (TPSA) is 49.6 Å². The summed E-state index contributed by atoms with van der Waals surface area (Å²) in [5.74, 6) is 2.17. The van der Waals surface area contributed by atoms with Gasteiger partial charge < -0.3 is 15.5 Å². The summed E-state index contributed by atoms with van der Waals surface area (Å²) in [4.78, 5) is 17.1. The van der Waals surface area contributed by atoms with Gasteiger partial charge in [-0.1, -0.05) is 20.8 Å². The average Bonchev–Trinajstić information content (AvgIpc) is 2.48. The molecule has 128 valence electrons. The minimum Gasteiger partial charge on any atom is -0.341 e. The van der Waals surface area contributed by atoms with E-state index in [0.29, 0.717) is 11.8 Å². The third-order valence-corrected chi connectivity index (χ3v) is 5.27. The first-order chi connectivity index (χ1) is 10.5. The highest BCUT2D eigenvalue weighted by atomic mass is 16.2. The summed E-state index contributed by atoms with van der Waals surface area (Å²) in [6.07, 6.45) is 5.84. The molecule has 4 nitrogen and oxygen atoms in total. The lowest BCUT2D eigenvalue weighted by Crippen LogP contribution is -2.50. The van der Waals surface area contributed by atoms with Crippen LogP contribution in [0.4, 0.5) is 0 Å². The molecule has 0 spiro atoms. The Bertz CT molecular complexity index is 350. The number of carbonyl (C=O) groups is 1. The fraction of sp³-hybridized carbons (Fsp3) is 0.944. The zero-order valence-corrected chi connectivity index (χ0v) is 14.8. The minimum atomic E-state index is -0.311. The lowest BCUT2D eigenvalue weighted by Gasteiger charge is -2.38. The lowest BCUT2D eigenvalue weighted by molar-refractivity contribution is -0.135. The number of nitrogens with zero attached hydrogens (tertiary/aromatic N) is 2. The smallest absolute Gasteiger partial charge is 0.239 e. The fourth-order valence-corrected chi connectivity index (χ4v) is 3.87. The highest BCUT2D eigenvalue weighted by Gasteiger charge is 2.29. The van der Waals surface area contributed by atoms with Crippen molar-refractivity contribution in [1.82, 2.24) is 9.80 Å². The molecular weight excluding hydrogens is 274 g/mol. The van der Waals surface area contributed by atoms with Crippen molar-refractivity contribution in [3.8, 4) is 0 Å². The van der Waals surface area contributed by atoms with Crippen molar-refractivity contribution in [2.75, 3.05) is 32.7 Å². The summed E-state index contributed by atoms with van der Waals surface area (Å²) >= 11 is 0. The van der Waals surface area contributed by atoms with Gasteiger partial charge in [0.15, 0.2) is 0 Å². The number of likely N-dealkylation sites (tertiary alicyclic amines) is 2. The van der Waals surface area contributed by atoms with Crippen LogP contribution in [0, 0.1) is 17.8 Å². The lowest BCUT2D eigenvalue weighted by atomic mass is 9.93. The van der Waals surface area contributed by atoms with E-state index in [0.717, 1.165) is 38.4 Å². The predicted molar refractivity (Wildman–Crippen MR) is 91.6 cm³/mol. The zero-order chi connectivity index (χ0) is 16.1. The van der Waals surface area contributed by atoms with Crippen LogP contribution in [-0.2, 0) is 4.79 Å². The molecule has 2 N–H and O–H groups in total. The molecule has 4 heteroatoms. The third-order valence-electron chi connectivity index (χ3n) is 5.27. The quantitative estimate of drug-likeness (QED) is 0.848. The molecule has 0 aromatic rings. The monoisotopic (exact) mass is 309 g/mol. The van der Waals surface area contributed by atoms with Crippen molar-refractivity contribution in [2.24, 2.45) is 23.5 Å². The molecule has 0 aromatic heterocycles. The molecule has 0 radical (unpaired) electrons. The average molecular weight is 309 g/mol.